The van der Waals surface area contributed by atoms with Gasteiger partial charge in [-0.3, -0.25) is 19.5 Å². The highest BCUT2D eigenvalue weighted by Gasteiger charge is 2.45. The molecular formula is C23H26N4O4. The molecule has 3 atom stereocenters. The summed E-state index contributed by atoms with van der Waals surface area (Å²) < 4.78 is 5.15. The molecule has 2 aromatic rings. The summed E-state index contributed by atoms with van der Waals surface area (Å²) in [4.78, 5) is 43.6. The molecule has 3 unspecified atom stereocenters. The average molecular weight is 422 g/mol. The Hall–Kier alpha value is -3.42. The molecule has 2 fully saturated rings. The lowest BCUT2D eigenvalue weighted by Gasteiger charge is -2.42. The average Bonchev–Trinajstić information content (AvgIpc) is 2.81. The number of nitrogens with one attached hydrogen (secondary N) is 2. The summed E-state index contributed by atoms with van der Waals surface area (Å²) in [5.74, 6) is -0.0145. The fraction of sp³-hybridized carbons (Fsp3) is 0.391. The zero-order chi connectivity index (χ0) is 21.8. The lowest BCUT2D eigenvalue weighted by atomic mass is 9.76. The van der Waals surface area contributed by atoms with Crippen LogP contribution in [0.2, 0.25) is 0 Å². The molecule has 1 aliphatic heterocycles. The Morgan fingerprint density at radius 1 is 1.19 bits per heavy atom. The van der Waals surface area contributed by atoms with Gasteiger partial charge in [0.05, 0.1) is 19.6 Å². The highest BCUT2D eigenvalue weighted by atomic mass is 16.5. The van der Waals surface area contributed by atoms with Crippen LogP contribution in [0.25, 0.3) is 0 Å². The number of amides is 4. The third-order valence-corrected chi connectivity index (χ3v) is 6.05. The van der Waals surface area contributed by atoms with Gasteiger partial charge in [-0.1, -0.05) is 18.2 Å². The molecule has 1 aliphatic carbocycles. The van der Waals surface area contributed by atoms with Gasteiger partial charge in [0.15, 0.2) is 0 Å². The van der Waals surface area contributed by atoms with E-state index in [1.165, 1.54) is 4.90 Å². The zero-order valence-corrected chi connectivity index (χ0v) is 17.4. The van der Waals surface area contributed by atoms with Crippen LogP contribution in [0.3, 0.4) is 0 Å². The first-order chi connectivity index (χ1) is 15.0. The van der Waals surface area contributed by atoms with E-state index in [2.05, 4.69) is 15.6 Å². The van der Waals surface area contributed by atoms with E-state index in [9.17, 15) is 14.4 Å². The molecule has 162 valence electrons. The Morgan fingerprint density at radius 2 is 2.00 bits per heavy atom. The summed E-state index contributed by atoms with van der Waals surface area (Å²) in [5.41, 5.74) is 1.78. The van der Waals surface area contributed by atoms with Crippen molar-refractivity contribution in [3.05, 3.63) is 59.9 Å². The fourth-order valence-electron chi connectivity index (χ4n) is 4.30. The van der Waals surface area contributed by atoms with Crippen molar-refractivity contribution in [2.24, 2.45) is 11.8 Å². The van der Waals surface area contributed by atoms with Crippen molar-refractivity contribution in [2.45, 2.75) is 38.4 Å². The number of hydrogen-bond acceptors (Lipinski definition) is 5. The fourth-order valence-corrected chi connectivity index (χ4v) is 4.30. The summed E-state index contributed by atoms with van der Waals surface area (Å²) in [7, 11) is 1.59. The maximum atomic E-state index is 13.0. The number of benzene rings is 1. The van der Waals surface area contributed by atoms with Crippen LogP contribution >= 0.6 is 0 Å². The van der Waals surface area contributed by atoms with Crippen molar-refractivity contribution in [3.63, 3.8) is 0 Å². The van der Waals surface area contributed by atoms with Gasteiger partial charge in [0.25, 0.3) is 0 Å². The van der Waals surface area contributed by atoms with Gasteiger partial charge in [-0.25, -0.2) is 4.79 Å². The van der Waals surface area contributed by atoms with E-state index in [0.717, 1.165) is 16.9 Å². The second kappa shape index (κ2) is 9.16. The number of pyridine rings is 1. The number of carbonyl (C=O) groups excluding carboxylic acids is 3. The smallest absolute Gasteiger partial charge is 0.324 e. The van der Waals surface area contributed by atoms with Crippen molar-refractivity contribution < 1.29 is 19.1 Å². The van der Waals surface area contributed by atoms with Crippen molar-refractivity contribution in [1.82, 2.24) is 20.5 Å². The molecule has 4 amide bonds. The molecule has 1 aromatic carbocycles. The number of aromatic nitrogens is 1. The van der Waals surface area contributed by atoms with E-state index >= 15 is 0 Å². The van der Waals surface area contributed by atoms with E-state index < -0.39 is 6.03 Å². The highest BCUT2D eigenvalue weighted by Crippen LogP contribution is 2.33. The molecule has 1 saturated carbocycles. The molecular weight excluding hydrogens is 396 g/mol. The summed E-state index contributed by atoms with van der Waals surface area (Å²) in [6, 6.07) is 10.3. The van der Waals surface area contributed by atoms with Crippen molar-refractivity contribution in [1.29, 1.82) is 0 Å². The minimum absolute atomic E-state index is 0.0512. The number of fused-ring (bicyclic) bond motifs is 1. The van der Waals surface area contributed by atoms with Gasteiger partial charge in [-0.05, 0) is 48.6 Å². The van der Waals surface area contributed by atoms with Crippen LogP contribution in [-0.2, 0) is 22.7 Å². The number of nitrogens with zero attached hydrogens (tertiary/aromatic N) is 2. The van der Waals surface area contributed by atoms with Gasteiger partial charge >= 0.3 is 6.03 Å². The van der Waals surface area contributed by atoms with Crippen LogP contribution in [0, 0.1) is 11.8 Å². The predicted octanol–water partition coefficient (Wildman–Crippen LogP) is 2.24. The molecule has 8 nitrogen and oxygen atoms in total. The third kappa shape index (κ3) is 4.68. The first kappa shape index (κ1) is 20.8. The maximum Gasteiger partial charge on any atom is 0.324 e. The van der Waals surface area contributed by atoms with Crippen LogP contribution in [0.5, 0.6) is 5.75 Å². The first-order valence-corrected chi connectivity index (χ1v) is 10.5. The number of imide groups is 1. The van der Waals surface area contributed by atoms with Gasteiger partial charge < -0.3 is 15.4 Å². The topological polar surface area (TPSA) is 101 Å². The van der Waals surface area contributed by atoms with Crippen LogP contribution < -0.4 is 15.4 Å². The molecule has 31 heavy (non-hydrogen) atoms. The Morgan fingerprint density at radius 3 is 2.71 bits per heavy atom. The lowest BCUT2D eigenvalue weighted by molar-refractivity contribution is -0.139. The SMILES string of the molecule is COc1ccc(CN2C(=O)NC3CC(C(=O)NCc4cccnc4)CCC3C2=O)cc1. The monoisotopic (exact) mass is 422 g/mol. The quantitative estimate of drug-likeness (QED) is 0.744. The summed E-state index contributed by atoms with van der Waals surface area (Å²) in [6.45, 7) is 0.630. The molecule has 2 aliphatic rings. The van der Waals surface area contributed by atoms with E-state index in [0.29, 0.717) is 25.8 Å². The van der Waals surface area contributed by atoms with E-state index in [-0.39, 0.29) is 36.2 Å². The van der Waals surface area contributed by atoms with E-state index in [4.69, 9.17) is 4.74 Å². The number of hydrogen-bond donors (Lipinski definition) is 2. The molecule has 0 bridgehead atoms. The minimum atomic E-state index is -0.404. The molecule has 1 aromatic heterocycles. The minimum Gasteiger partial charge on any atom is -0.497 e. The van der Waals surface area contributed by atoms with Crippen LogP contribution in [0.1, 0.15) is 30.4 Å². The molecule has 0 radical (unpaired) electrons. The lowest BCUT2D eigenvalue weighted by Crippen LogP contribution is -2.61. The standard InChI is InChI=1S/C23H26N4O4/c1-31-18-7-4-15(5-8-18)14-27-22(29)19-9-6-17(11-20(19)26-23(27)30)21(28)25-13-16-3-2-10-24-12-16/h2-5,7-8,10,12,17,19-20H,6,9,11,13-14H2,1H3,(H,25,28)(H,26,30). The van der Waals surface area contributed by atoms with Gasteiger partial charge in [0, 0.05) is 30.9 Å². The number of carbonyl (C=O) groups is 3. The van der Waals surface area contributed by atoms with Crippen LogP contribution in [0.4, 0.5) is 4.79 Å². The molecule has 8 heteroatoms. The van der Waals surface area contributed by atoms with Crippen LogP contribution in [-0.4, -0.2) is 40.9 Å². The molecule has 4 rings (SSSR count). The number of rotatable bonds is 6. The van der Waals surface area contributed by atoms with Crippen molar-refractivity contribution in [3.8, 4) is 5.75 Å². The Kier molecular flexibility index (Phi) is 6.16. The van der Waals surface area contributed by atoms with Crippen LogP contribution in [0.15, 0.2) is 48.8 Å². The van der Waals surface area contributed by atoms with E-state index in [1.54, 1.807) is 31.6 Å². The first-order valence-electron chi connectivity index (χ1n) is 10.5. The van der Waals surface area contributed by atoms with Gasteiger partial charge in [0.2, 0.25) is 11.8 Å². The summed E-state index contributed by atoms with van der Waals surface area (Å²) in [5, 5.41) is 5.89. The summed E-state index contributed by atoms with van der Waals surface area (Å²) in [6.07, 6.45) is 5.07. The highest BCUT2D eigenvalue weighted by molar-refractivity contribution is 5.99. The molecule has 2 N–H and O–H groups in total. The van der Waals surface area contributed by atoms with E-state index in [1.807, 2.05) is 24.3 Å². The normalized spacial score (nSPS) is 23.0. The Bertz CT molecular complexity index is 948. The number of urea groups is 1. The summed E-state index contributed by atoms with van der Waals surface area (Å²) >= 11 is 0. The van der Waals surface area contributed by atoms with Crippen molar-refractivity contribution in [2.75, 3.05) is 7.11 Å². The molecule has 2 heterocycles. The van der Waals surface area contributed by atoms with Crippen molar-refractivity contribution >= 4 is 17.8 Å². The van der Waals surface area contributed by atoms with Gasteiger partial charge in [-0.2, -0.15) is 0 Å². The maximum absolute atomic E-state index is 13.0. The molecule has 1 saturated heterocycles. The van der Waals surface area contributed by atoms with Gasteiger partial charge in [0.1, 0.15) is 5.75 Å². The Labute approximate surface area is 181 Å². The predicted molar refractivity (Wildman–Crippen MR) is 113 cm³/mol. The number of methoxy groups -OCH3 is 1. The molecule has 0 spiro atoms. The zero-order valence-electron chi connectivity index (χ0n) is 17.4. The Balaban J connectivity index is 1.35. The number of ether oxygens (including phenoxy) is 1. The second-order valence-corrected chi connectivity index (χ2v) is 8.02. The third-order valence-electron chi connectivity index (χ3n) is 6.05. The second-order valence-electron chi connectivity index (χ2n) is 8.02. The largest absolute Gasteiger partial charge is 0.497 e. The van der Waals surface area contributed by atoms with Gasteiger partial charge in [-0.15, -0.1) is 0 Å².